The van der Waals surface area contributed by atoms with Crippen LogP contribution in [0, 0.1) is 6.92 Å². The largest absolute Gasteiger partial charge is 0.480 e. The predicted molar refractivity (Wildman–Crippen MR) is 78.9 cm³/mol. The van der Waals surface area contributed by atoms with E-state index in [0.29, 0.717) is 17.4 Å². The highest BCUT2D eigenvalue weighted by atomic mass is 16.5. The van der Waals surface area contributed by atoms with Crippen LogP contribution in [0.3, 0.4) is 0 Å². The summed E-state index contributed by atoms with van der Waals surface area (Å²) >= 11 is 0. The van der Waals surface area contributed by atoms with Crippen LogP contribution in [0.1, 0.15) is 23.3 Å². The summed E-state index contributed by atoms with van der Waals surface area (Å²) in [5.41, 5.74) is 8.57. The van der Waals surface area contributed by atoms with E-state index < -0.39 is 6.04 Å². The zero-order valence-corrected chi connectivity index (χ0v) is 11.8. The molecule has 6 heteroatoms. The quantitative estimate of drug-likeness (QED) is 0.787. The second-order valence-corrected chi connectivity index (χ2v) is 4.65. The maximum atomic E-state index is 6.31. The van der Waals surface area contributed by atoms with Gasteiger partial charge in [-0.1, -0.05) is 18.2 Å². The molecule has 2 heterocycles. The van der Waals surface area contributed by atoms with Crippen molar-refractivity contribution in [3.8, 4) is 5.88 Å². The first-order valence-electron chi connectivity index (χ1n) is 6.55. The van der Waals surface area contributed by atoms with E-state index in [0.717, 1.165) is 16.6 Å². The van der Waals surface area contributed by atoms with Crippen LogP contribution in [0.15, 0.2) is 36.4 Å². The summed E-state index contributed by atoms with van der Waals surface area (Å²) in [5, 5.41) is 8.98. The Kier molecular flexibility index (Phi) is 3.45. The molecule has 2 aromatic heterocycles. The minimum Gasteiger partial charge on any atom is -0.480 e. The highest BCUT2D eigenvalue weighted by Gasteiger charge is 2.17. The fourth-order valence-electron chi connectivity index (χ4n) is 2.20. The minimum atomic E-state index is -0.463. The zero-order valence-electron chi connectivity index (χ0n) is 11.8. The number of hydrogen-bond acceptors (Lipinski definition) is 6. The Morgan fingerprint density at radius 3 is 2.57 bits per heavy atom. The third kappa shape index (κ3) is 2.53. The van der Waals surface area contributed by atoms with Crippen molar-refractivity contribution in [2.45, 2.75) is 13.0 Å². The van der Waals surface area contributed by atoms with Crippen LogP contribution in [-0.2, 0) is 0 Å². The number of methoxy groups -OCH3 is 1. The Labute approximate surface area is 122 Å². The Balaban J connectivity index is 2.09. The maximum Gasteiger partial charge on any atom is 0.233 e. The van der Waals surface area contributed by atoms with E-state index >= 15 is 0 Å². The maximum absolute atomic E-state index is 6.31. The Morgan fingerprint density at radius 1 is 1.05 bits per heavy atom. The molecule has 6 nitrogen and oxygen atoms in total. The van der Waals surface area contributed by atoms with E-state index in [1.165, 1.54) is 0 Å². The van der Waals surface area contributed by atoms with E-state index in [1.807, 2.05) is 31.2 Å². The van der Waals surface area contributed by atoms with Gasteiger partial charge in [0.1, 0.15) is 5.82 Å². The van der Waals surface area contributed by atoms with E-state index in [1.54, 1.807) is 19.2 Å². The summed E-state index contributed by atoms with van der Waals surface area (Å²) in [5.74, 6) is 1.13. The van der Waals surface area contributed by atoms with Gasteiger partial charge in [0.15, 0.2) is 0 Å². The molecule has 3 aromatic rings. The number of fused-ring (bicyclic) bond motifs is 1. The minimum absolute atomic E-state index is 0.453. The third-order valence-corrected chi connectivity index (χ3v) is 3.23. The van der Waals surface area contributed by atoms with Crippen molar-refractivity contribution >= 4 is 10.9 Å². The zero-order chi connectivity index (χ0) is 14.8. The standard InChI is InChI=1S/C15H15N5O/c1-9-17-11-6-4-3-5-10(11)15(18-9)14(16)12-7-8-13(21-2)20-19-12/h3-8,14H,16H2,1-2H3. The summed E-state index contributed by atoms with van der Waals surface area (Å²) in [7, 11) is 1.55. The van der Waals surface area contributed by atoms with Gasteiger partial charge in [-0.2, -0.15) is 0 Å². The molecule has 0 amide bonds. The Bertz CT molecular complexity index is 773. The second kappa shape index (κ2) is 5.41. The van der Waals surface area contributed by atoms with Gasteiger partial charge in [0.05, 0.1) is 30.1 Å². The first-order chi connectivity index (χ1) is 10.2. The summed E-state index contributed by atoms with van der Waals surface area (Å²) < 4.78 is 5.00. The molecule has 1 atom stereocenters. The molecular formula is C15H15N5O. The Morgan fingerprint density at radius 2 is 1.86 bits per heavy atom. The highest BCUT2D eigenvalue weighted by Crippen LogP contribution is 2.24. The van der Waals surface area contributed by atoms with Crippen molar-refractivity contribution in [2.24, 2.45) is 5.73 Å². The monoisotopic (exact) mass is 281 g/mol. The van der Waals surface area contributed by atoms with Crippen LogP contribution >= 0.6 is 0 Å². The molecule has 0 aliphatic carbocycles. The van der Waals surface area contributed by atoms with E-state index in [4.69, 9.17) is 10.5 Å². The van der Waals surface area contributed by atoms with Crippen molar-refractivity contribution in [3.05, 3.63) is 53.6 Å². The second-order valence-electron chi connectivity index (χ2n) is 4.65. The molecule has 2 N–H and O–H groups in total. The van der Waals surface area contributed by atoms with E-state index in [2.05, 4.69) is 20.2 Å². The SMILES string of the molecule is COc1ccc(C(N)c2nc(C)nc3ccccc23)nn1. The average Bonchev–Trinajstić information content (AvgIpc) is 2.53. The number of nitrogens with two attached hydrogens (primary N) is 1. The molecule has 0 fully saturated rings. The van der Waals surface area contributed by atoms with Gasteiger partial charge in [-0.3, -0.25) is 0 Å². The van der Waals surface area contributed by atoms with Gasteiger partial charge in [0.25, 0.3) is 0 Å². The molecule has 0 saturated heterocycles. The molecule has 0 spiro atoms. The average molecular weight is 281 g/mol. The van der Waals surface area contributed by atoms with E-state index in [-0.39, 0.29) is 0 Å². The molecule has 0 aliphatic heterocycles. The van der Waals surface area contributed by atoms with Crippen LogP contribution in [0.25, 0.3) is 10.9 Å². The number of rotatable bonds is 3. The molecule has 3 rings (SSSR count). The lowest BCUT2D eigenvalue weighted by atomic mass is 10.1. The molecule has 0 radical (unpaired) electrons. The summed E-state index contributed by atoms with van der Waals surface area (Å²) in [6.07, 6.45) is 0. The molecule has 106 valence electrons. The van der Waals surface area contributed by atoms with Gasteiger partial charge in [0.2, 0.25) is 5.88 Å². The first kappa shape index (κ1) is 13.4. The number of nitrogens with zero attached hydrogens (tertiary/aromatic N) is 4. The van der Waals surface area contributed by atoms with Crippen LogP contribution in [0.4, 0.5) is 0 Å². The topological polar surface area (TPSA) is 86.8 Å². The van der Waals surface area contributed by atoms with Gasteiger partial charge in [-0.05, 0) is 19.1 Å². The van der Waals surface area contributed by atoms with Crippen molar-refractivity contribution in [1.29, 1.82) is 0 Å². The van der Waals surface area contributed by atoms with Gasteiger partial charge in [0, 0.05) is 11.5 Å². The summed E-state index contributed by atoms with van der Waals surface area (Å²) in [6, 6.07) is 10.9. The van der Waals surface area contributed by atoms with Crippen LogP contribution in [0.2, 0.25) is 0 Å². The van der Waals surface area contributed by atoms with Crippen molar-refractivity contribution in [2.75, 3.05) is 7.11 Å². The van der Waals surface area contributed by atoms with Crippen LogP contribution < -0.4 is 10.5 Å². The van der Waals surface area contributed by atoms with Gasteiger partial charge in [-0.25, -0.2) is 9.97 Å². The molecule has 0 aliphatic rings. The molecular weight excluding hydrogens is 266 g/mol. The van der Waals surface area contributed by atoms with Gasteiger partial charge < -0.3 is 10.5 Å². The Hall–Kier alpha value is -2.60. The van der Waals surface area contributed by atoms with E-state index in [9.17, 15) is 0 Å². The molecule has 1 aromatic carbocycles. The smallest absolute Gasteiger partial charge is 0.233 e. The normalized spacial score (nSPS) is 12.3. The lowest BCUT2D eigenvalue weighted by Gasteiger charge is -2.13. The third-order valence-electron chi connectivity index (χ3n) is 3.23. The number of para-hydroxylation sites is 1. The fraction of sp³-hybridized carbons (Fsp3) is 0.200. The van der Waals surface area contributed by atoms with Crippen molar-refractivity contribution in [3.63, 3.8) is 0 Å². The molecule has 0 saturated carbocycles. The lowest BCUT2D eigenvalue weighted by Crippen LogP contribution is -2.17. The number of aryl methyl sites for hydroxylation is 1. The molecule has 1 unspecified atom stereocenters. The number of hydrogen-bond donors (Lipinski definition) is 1. The number of ether oxygens (including phenoxy) is 1. The van der Waals surface area contributed by atoms with Gasteiger partial charge >= 0.3 is 0 Å². The number of benzene rings is 1. The molecule has 21 heavy (non-hydrogen) atoms. The predicted octanol–water partition coefficient (Wildman–Crippen LogP) is 1.78. The summed E-state index contributed by atoms with van der Waals surface area (Å²) in [4.78, 5) is 8.90. The fourth-order valence-corrected chi connectivity index (χ4v) is 2.20. The highest BCUT2D eigenvalue weighted by molar-refractivity contribution is 5.81. The summed E-state index contributed by atoms with van der Waals surface area (Å²) in [6.45, 7) is 1.85. The van der Waals surface area contributed by atoms with Gasteiger partial charge in [-0.15, -0.1) is 10.2 Å². The number of aromatic nitrogens is 4. The first-order valence-corrected chi connectivity index (χ1v) is 6.55. The van der Waals surface area contributed by atoms with Crippen molar-refractivity contribution in [1.82, 2.24) is 20.2 Å². The molecule has 0 bridgehead atoms. The lowest BCUT2D eigenvalue weighted by molar-refractivity contribution is 0.390. The van der Waals surface area contributed by atoms with Crippen molar-refractivity contribution < 1.29 is 4.74 Å². The van der Waals surface area contributed by atoms with Crippen LogP contribution in [-0.4, -0.2) is 27.3 Å². The van der Waals surface area contributed by atoms with Crippen LogP contribution in [0.5, 0.6) is 5.88 Å².